The number of rotatable bonds is 4. The van der Waals surface area contributed by atoms with E-state index in [9.17, 15) is 20.1 Å². The molecule has 4 rings (SSSR count). The third kappa shape index (κ3) is 3.38. The molecule has 0 bridgehead atoms. The summed E-state index contributed by atoms with van der Waals surface area (Å²) in [5.74, 6) is 0.117. The third-order valence-corrected chi connectivity index (χ3v) is 8.34. The second-order valence-electron chi connectivity index (χ2n) is 9.93. The summed E-state index contributed by atoms with van der Waals surface area (Å²) in [5.41, 5.74) is -0.662. The van der Waals surface area contributed by atoms with Crippen LogP contribution in [0, 0.1) is 23.2 Å². The van der Waals surface area contributed by atoms with Crippen LogP contribution >= 0.6 is 0 Å². The maximum atomic E-state index is 12.1. The Morgan fingerprint density at radius 1 is 1.31 bits per heavy atom. The number of nitrogens with zero attached hydrogens (tertiary/aromatic N) is 1. The molecule has 0 aromatic carbocycles. The van der Waals surface area contributed by atoms with Gasteiger partial charge in [0.15, 0.2) is 6.29 Å². The van der Waals surface area contributed by atoms with Gasteiger partial charge in [0.25, 0.3) is 0 Å². The molecule has 1 aliphatic heterocycles. The molecule has 0 amide bonds. The molecule has 2 fully saturated rings. The minimum Gasteiger partial charge on any atom is -0.496 e. The molecular formula is C25H33NO6. The lowest BCUT2D eigenvalue weighted by Crippen LogP contribution is -2.68. The van der Waals surface area contributed by atoms with Crippen molar-refractivity contribution < 1.29 is 29.6 Å². The molecule has 8 atom stereocenters. The number of aliphatic hydroxyl groups is 3. The number of pyridine rings is 1. The summed E-state index contributed by atoms with van der Waals surface area (Å²) in [5, 5.41) is 33.2. The summed E-state index contributed by atoms with van der Waals surface area (Å²) in [6.45, 7) is 5.91. The van der Waals surface area contributed by atoms with Crippen LogP contribution in [0.1, 0.15) is 45.6 Å². The van der Waals surface area contributed by atoms with E-state index < -0.39 is 35.2 Å². The second kappa shape index (κ2) is 8.28. The lowest BCUT2D eigenvalue weighted by Gasteiger charge is -2.63. The van der Waals surface area contributed by atoms with Crippen LogP contribution in [0.15, 0.2) is 41.9 Å². The monoisotopic (exact) mass is 443 g/mol. The van der Waals surface area contributed by atoms with E-state index in [1.165, 1.54) is 7.11 Å². The smallest absolute Gasteiger partial charge is 0.152 e. The van der Waals surface area contributed by atoms with Crippen LogP contribution in [-0.2, 0) is 14.3 Å². The largest absolute Gasteiger partial charge is 0.496 e. The Morgan fingerprint density at radius 2 is 2.06 bits per heavy atom. The van der Waals surface area contributed by atoms with Gasteiger partial charge in [-0.3, -0.25) is 9.78 Å². The first-order valence-corrected chi connectivity index (χ1v) is 11.3. The van der Waals surface area contributed by atoms with Crippen molar-refractivity contribution in [2.75, 3.05) is 7.11 Å². The van der Waals surface area contributed by atoms with E-state index in [-0.39, 0.29) is 23.2 Å². The molecule has 7 heteroatoms. The van der Waals surface area contributed by atoms with Crippen LogP contribution in [0.4, 0.5) is 0 Å². The van der Waals surface area contributed by atoms with E-state index in [2.05, 4.69) is 11.9 Å². The SMILES string of the molecule is CO/C(=C\C1=C(C=O)C(O)C2C3(C)CCC(O)C(C)C3CC(O)C2(C)O1)c1cccnc1. The highest BCUT2D eigenvalue weighted by Crippen LogP contribution is 2.62. The van der Waals surface area contributed by atoms with Crippen molar-refractivity contribution in [2.45, 2.75) is 63.9 Å². The van der Waals surface area contributed by atoms with Crippen LogP contribution < -0.4 is 0 Å². The zero-order valence-electron chi connectivity index (χ0n) is 19.1. The Balaban J connectivity index is 1.81. The van der Waals surface area contributed by atoms with Crippen molar-refractivity contribution in [2.24, 2.45) is 23.2 Å². The number of carbonyl (C=O) groups excluding carboxylic acids is 1. The number of hydrogen-bond acceptors (Lipinski definition) is 7. The normalized spacial score (nSPS) is 41.9. The number of ether oxygens (including phenoxy) is 2. The first-order valence-electron chi connectivity index (χ1n) is 11.3. The van der Waals surface area contributed by atoms with E-state index in [1.54, 1.807) is 24.5 Å². The maximum absolute atomic E-state index is 12.1. The van der Waals surface area contributed by atoms with Crippen LogP contribution in [0.5, 0.6) is 0 Å². The molecule has 3 N–H and O–H groups in total. The van der Waals surface area contributed by atoms with Gasteiger partial charge in [0.2, 0.25) is 0 Å². The zero-order valence-corrected chi connectivity index (χ0v) is 19.1. The van der Waals surface area contributed by atoms with Crippen LogP contribution in [-0.4, -0.2) is 57.6 Å². The summed E-state index contributed by atoms with van der Waals surface area (Å²) in [6.07, 6.45) is 4.85. The van der Waals surface area contributed by atoms with Gasteiger partial charge in [-0.15, -0.1) is 0 Å². The molecule has 1 aromatic heterocycles. The van der Waals surface area contributed by atoms with Crippen LogP contribution in [0.2, 0.25) is 0 Å². The van der Waals surface area contributed by atoms with E-state index in [4.69, 9.17) is 9.47 Å². The van der Waals surface area contributed by atoms with E-state index in [0.717, 1.165) is 0 Å². The fourth-order valence-corrected chi connectivity index (χ4v) is 6.54. The van der Waals surface area contributed by atoms with Crippen LogP contribution in [0.3, 0.4) is 0 Å². The number of aliphatic hydroxyl groups excluding tert-OH is 3. The molecule has 8 unspecified atom stereocenters. The molecule has 2 saturated carbocycles. The number of allylic oxidation sites excluding steroid dienone is 1. The lowest BCUT2D eigenvalue weighted by molar-refractivity contribution is -0.250. The Hall–Kier alpha value is -2.22. The minimum atomic E-state index is -1.12. The van der Waals surface area contributed by atoms with Gasteiger partial charge in [0, 0.05) is 30.0 Å². The fourth-order valence-electron chi connectivity index (χ4n) is 6.54. The highest BCUT2D eigenvalue weighted by Gasteiger charge is 2.66. The topological polar surface area (TPSA) is 109 Å². The highest BCUT2D eigenvalue weighted by molar-refractivity contribution is 5.78. The van der Waals surface area contributed by atoms with Crippen molar-refractivity contribution in [3.05, 3.63) is 47.5 Å². The summed E-state index contributed by atoms with van der Waals surface area (Å²) in [4.78, 5) is 16.2. The molecule has 0 saturated heterocycles. The van der Waals surface area contributed by atoms with Crippen molar-refractivity contribution >= 4 is 12.0 Å². The van der Waals surface area contributed by atoms with Gasteiger partial charge in [-0.05, 0) is 55.6 Å². The van der Waals surface area contributed by atoms with Crippen molar-refractivity contribution in [1.82, 2.24) is 4.98 Å². The second-order valence-corrected chi connectivity index (χ2v) is 9.93. The quantitative estimate of drug-likeness (QED) is 0.484. The van der Waals surface area contributed by atoms with Gasteiger partial charge in [-0.1, -0.05) is 13.8 Å². The van der Waals surface area contributed by atoms with Crippen molar-refractivity contribution in [1.29, 1.82) is 0 Å². The van der Waals surface area contributed by atoms with Gasteiger partial charge in [-0.2, -0.15) is 0 Å². The van der Waals surface area contributed by atoms with Crippen molar-refractivity contribution in [3.63, 3.8) is 0 Å². The lowest BCUT2D eigenvalue weighted by atomic mass is 9.46. The predicted octanol–water partition coefficient (Wildman–Crippen LogP) is 2.47. The summed E-state index contributed by atoms with van der Waals surface area (Å²) < 4.78 is 11.9. The third-order valence-electron chi connectivity index (χ3n) is 8.34. The molecule has 2 heterocycles. The molecule has 3 aliphatic rings. The molecule has 1 aromatic rings. The number of fused-ring (bicyclic) bond motifs is 3. The Bertz CT molecular complexity index is 930. The Kier molecular flexibility index (Phi) is 5.94. The number of aldehydes is 1. The summed E-state index contributed by atoms with van der Waals surface area (Å²) in [6, 6.07) is 3.60. The van der Waals surface area contributed by atoms with Gasteiger partial charge in [0.05, 0.1) is 31.0 Å². The summed E-state index contributed by atoms with van der Waals surface area (Å²) in [7, 11) is 1.51. The molecule has 7 nitrogen and oxygen atoms in total. The van der Waals surface area contributed by atoms with Gasteiger partial charge in [-0.25, -0.2) is 0 Å². The molecule has 2 aliphatic carbocycles. The molecule has 0 radical (unpaired) electrons. The number of aromatic nitrogens is 1. The van der Waals surface area contributed by atoms with Gasteiger partial charge in [0.1, 0.15) is 17.1 Å². The molecule has 32 heavy (non-hydrogen) atoms. The standard InChI is InChI=1S/C25H33NO6/c1-14-17-10-21(29)25(3)23(24(17,2)8-7-18(14)28)22(30)16(13-27)20(32-25)11-19(31-4)15-6-5-9-26-12-15/h5-6,9,11-14,17-18,21-23,28-30H,7-8,10H2,1-4H3/b19-11-. The fraction of sp³-hybridized carbons (Fsp3) is 0.600. The molecular weight excluding hydrogens is 410 g/mol. The first kappa shape index (κ1) is 23.0. The number of methoxy groups -OCH3 is 1. The van der Waals surface area contributed by atoms with E-state index in [0.29, 0.717) is 36.9 Å². The first-order chi connectivity index (χ1) is 15.2. The van der Waals surface area contributed by atoms with Gasteiger partial charge < -0.3 is 24.8 Å². The highest BCUT2D eigenvalue weighted by atomic mass is 16.5. The molecule has 0 spiro atoms. The maximum Gasteiger partial charge on any atom is 0.152 e. The summed E-state index contributed by atoms with van der Waals surface area (Å²) >= 11 is 0. The minimum absolute atomic E-state index is 0.00694. The Labute approximate surface area is 188 Å². The number of hydrogen-bond donors (Lipinski definition) is 3. The Morgan fingerprint density at radius 3 is 2.69 bits per heavy atom. The van der Waals surface area contributed by atoms with Crippen molar-refractivity contribution in [3.8, 4) is 0 Å². The average molecular weight is 444 g/mol. The number of carbonyl (C=O) groups is 1. The van der Waals surface area contributed by atoms with E-state index >= 15 is 0 Å². The average Bonchev–Trinajstić information content (AvgIpc) is 2.77. The predicted molar refractivity (Wildman–Crippen MR) is 118 cm³/mol. The van der Waals surface area contributed by atoms with Gasteiger partial charge >= 0.3 is 0 Å². The van der Waals surface area contributed by atoms with E-state index in [1.807, 2.05) is 19.9 Å². The molecule has 174 valence electrons. The zero-order chi connectivity index (χ0) is 23.3. The van der Waals surface area contributed by atoms with Crippen LogP contribution in [0.25, 0.3) is 5.76 Å².